The van der Waals surface area contributed by atoms with Gasteiger partial charge in [0.2, 0.25) is 5.91 Å². The van der Waals surface area contributed by atoms with Crippen LogP contribution in [-0.2, 0) is 10.3 Å². The molecule has 0 atom stereocenters. The van der Waals surface area contributed by atoms with E-state index in [-0.39, 0.29) is 18.3 Å². The highest BCUT2D eigenvalue weighted by Crippen LogP contribution is 2.40. The maximum Gasteiger partial charge on any atom is 0.241 e. The molecule has 6 nitrogen and oxygen atoms in total. The van der Waals surface area contributed by atoms with Crippen molar-refractivity contribution in [2.45, 2.75) is 19.4 Å². The highest BCUT2D eigenvalue weighted by molar-refractivity contribution is 5.83. The maximum atomic E-state index is 13.6. The number of carbonyl (C=O) groups is 1. The number of nitrogens with zero attached hydrogens (tertiary/aromatic N) is 3. The molecule has 1 aromatic heterocycles. The first-order valence-corrected chi connectivity index (χ1v) is 11.4. The Balaban J connectivity index is 1.58. The molecule has 2 heterocycles. The molecule has 0 bridgehead atoms. The zero-order valence-corrected chi connectivity index (χ0v) is 19.6. The van der Waals surface area contributed by atoms with Gasteiger partial charge in [-0.1, -0.05) is 42.5 Å². The lowest BCUT2D eigenvalue weighted by Gasteiger charge is -2.38. The third kappa shape index (κ3) is 4.11. The standard InChI is InChI=1S/C28H26FN5O/c1-28(2)27-32-25(21-8-12-22(29)13-9-21)26(33(27)16-17-34(28)24(35)18-30)31-23-14-10-20(11-15-23)19-6-4-3-5-7-19/h3-17,31H,18,30H2,1-2H3. The Hall–Kier alpha value is -4.23. The van der Waals surface area contributed by atoms with Crippen molar-refractivity contribution < 1.29 is 9.18 Å². The van der Waals surface area contributed by atoms with Crippen molar-refractivity contribution in [3.05, 3.63) is 96.7 Å². The number of rotatable bonds is 5. The second-order valence-electron chi connectivity index (χ2n) is 8.90. The fourth-order valence-electron chi connectivity index (χ4n) is 4.37. The van der Waals surface area contributed by atoms with Gasteiger partial charge in [-0.3, -0.25) is 9.36 Å². The molecular weight excluding hydrogens is 441 g/mol. The van der Waals surface area contributed by atoms with Crippen LogP contribution in [0.5, 0.6) is 0 Å². The average molecular weight is 468 g/mol. The van der Waals surface area contributed by atoms with E-state index in [0.717, 1.165) is 28.2 Å². The molecule has 0 spiro atoms. The van der Waals surface area contributed by atoms with Crippen molar-refractivity contribution in [2.24, 2.45) is 5.73 Å². The molecule has 5 rings (SSSR count). The Bertz CT molecular complexity index is 1390. The van der Waals surface area contributed by atoms with Gasteiger partial charge < -0.3 is 16.0 Å². The quantitative estimate of drug-likeness (QED) is 0.403. The van der Waals surface area contributed by atoms with E-state index in [1.807, 2.05) is 48.7 Å². The van der Waals surface area contributed by atoms with Crippen LogP contribution < -0.4 is 11.1 Å². The van der Waals surface area contributed by atoms with Crippen LogP contribution in [-0.4, -0.2) is 26.9 Å². The van der Waals surface area contributed by atoms with E-state index in [0.29, 0.717) is 11.5 Å². The fourth-order valence-corrected chi connectivity index (χ4v) is 4.37. The van der Waals surface area contributed by atoms with Gasteiger partial charge in [0.05, 0.1) is 6.54 Å². The molecule has 35 heavy (non-hydrogen) atoms. The van der Waals surface area contributed by atoms with Crippen molar-refractivity contribution >= 4 is 23.6 Å². The molecule has 1 aliphatic heterocycles. The van der Waals surface area contributed by atoms with Crippen LogP contribution in [0, 0.1) is 5.82 Å². The molecule has 0 saturated heterocycles. The van der Waals surface area contributed by atoms with E-state index in [1.165, 1.54) is 12.1 Å². The number of fused-ring (bicyclic) bond motifs is 1. The van der Waals surface area contributed by atoms with Gasteiger partial charge >= 0.3 is 0 Å². The van der Waals surface area contributed by atoms with Crippen molar-refractivity contribution in [3.8, 4) is 22.4 Å². The van der Waals surface area contributed by atoms with E-state index in [4.69, 9.17) is 10.7 Å². The molecule has 0 radical (unpaired) electrons. The zero-order chi connectivity index (χ0) is 24.6. The molecule has 0 unspecified atom stereocenters. The number of anilines is 2. The molecule has 7 heteroatoms. The van der Waals surface area contributed by atoms with E-state index in [1.54, 1.807) is 29.4 Å². The first-order valence-electron chi connectivity index (χ1n) is 11.4. The molecular formula is C28H26FN5O. The number of benzene rings is 3. The summed E-state index contributed by atoms with van der Waals surface area (Å²) < 4.78 is 15.6. The number of hydrogen-bond acceptors (Lipinski definition) is 4. The minimum absolute atomic E-state index is 0.0990. The third-order valence-electron chi connectivity index (χ3n) is 6.24. The Morgan fingerprint density at radius 1 is 0.914 bits per heavy atom. The number of amides is 1. The molecule has 3 N–H and O–H groups in total. The number of aromatic nitrogens is 2. The van der Waals surface area contributed by atoms with E-state index >= 15 is 0 Å². The summed E-state index contributed by atoms with van der Waals surface area (Å²) in [6.07, 6.45) is 3.52. The number of nitrogens with two attached hydrogens (primary N) is 1. The number of hydrogen-bond donors (Lipinski definition) is 2. The first kappa shape index (κ1) is 22.6. The summed E-state index contributed by atoms with van der Waals surface area (Å²) in [4.78, 5) is 19.0. The summed E-state index contributed by atoms with van der Waals surface area (Å²) in [6.45, 7) is 3.75. The van der Waals surface area contributed by atoms with E-state index in [9.17, 15) is 9.18 Å². The normalized spacial score (nSPS) is 14.0. The summed E-state index contributed by atoms with van der Waals surface area (Å²) >= 11 is 0. The smallest absolute Gasteiger partial charge is 0.241 e. The summed E-state index contributed by atoms with van der Waals surface area (Å²) in [5.74, 6) is 0.881. The molecule has 1 amide bonds. The monoisotopic (exact) mass is 467 g/mol. The second kappa shape index (κ2) is 8.85. The van der Waals surface area contributed by atoms with Crippen LogP contribution in [0.25, 0.3) is 28.6 Å². The molecule has 0 aliphatic carbocycles. The van der Waals surface area contributed by atoms with Crippen LogP contribution >= 0.6 is 0 Å². The van der Waals surface area contributed by atoms with Gasteiger partial charge in [-0.25, -0.2) is 9.37 Å². The van der Waals surface area contributed by atoms with Gasteiger partial charge in [0.1, 0.15) is 28.7 Å². The summed E-state index contributed by atoms with van der Waals surface area (Å²) in [7, 11) is 0. The topological polar surface area (TPSA) is 76.2 Å². The highest BCUT2D eigenvalue weighted by Gasteiger charge is 2.39. The predicted molar refractivity (Wildman–Crippen MR) is 137 cm³/mol. The van der Waals surface area contributed by atoms with E-state index < -0.39 is 5.54 Å². The summed E-state index contributed by atoms with van der Waals surface area (Å²) in [5.41, 5.74) is 9.45. The van der Waals surface area contributed by atoms with Gasteiger partial charge in [0, 0.05) is 23.7 Å². The number of imidazole rings is 1. The van der Waals surface area contributed by atoms with Gasteiger partial charge in [-0.15, -0.1) is 0 Å². The zero-order valence-electron chi connectivity index (χ0n) is 19.6. The molecule has 1 aliphatic rings. The van der Waals surface area contributed by atoms with Crippen molar-refractivity contribution in [3.63, 3.8) is 0 Å². The van der Waals surface area contributed by atoms with Crippen LogP contribution in [0.15, 0.2) is 85.1 Å². The lowest BCUT2D eigenvalue weighted by molar-refractivity contribution is -0.132. The summed E-state index contributed by atoms with van der Waals surface area (Å²) in [5, 5.41) is 3.50. The van der Waals surface area contributed by atoms with Crippen LogP contribution in [0.4, 0.5) is 15.9 Å². The molecule has 0 fully saturated rings. The van der Waals surface area contributed by atoms with Gasteiger partial charge in [0.15, 0.2) is 0 Å². The van der Waals surface area contributed by atoms with Gasteiger partial charge in [-0.05, 0) is 61.4 Å². The van der Waals surface area contributed by atoms with Crippen molar-refractivity contribution in [2.75, 3.05) is 11.9 Å². The Morgan fingerprint density at radius 2 is 1.54 bits per heavy atom. The Morgan fingerprint density at radius 3 is 2.20 bits per heavy atom. The molecule has 0 saturated carbocycles. The average Bonchev–Trinajstić information content (AvgIpc) is 3.24. The number of halogens is 1. The van der Waals surface area contributed by atoms with Gasteiger partial charge in [0.25, 0.3) is 0 Å². The Labute approximate surface area is 203 Å². The lowest BCUT2D eigenvalue weighted by Crippen LogP contribution is -2.47. The predicted octanol–water partition coefficient (Wildman–Crippen LogP) is 5.56. The first-order chi connectivity index (χ1) is 16.9. The lowest BCUT2D eigenvalue weighted by atomic mass is 10.0. The highest BCUT2D eigenvalue weighted by atomic mass is 19.1. The van der Waals surface area contributed by atoms with Crippen LogP contribution in [0.3, 0.4) is 0 Å². The number of carbonyl (C=O) groups excluding carboxylic acids is 1. The SMILES string of the molecule is CC1(C)c2nc(-c3ccc(F)cc3)c(Nc3ccc(-c4ccccc4)cc3)n2C=CN1C(=O)CN. The second-order valence-corrected chi connectivity index (χ2v) is 8.90. The molecule has 4 aromatic rings. The van der Waals surface area contributed by atoms with Crippen LogP contribution in [0.2, 0.25) is 0 Å². The Kier molecular flexibility index (Phi) is 5.70. The van der Waals surface area contributed by atoms with Crippen molar-refractivity contribution in [1.82, 2.24) is 14.5 Å². The minimum atomic E-state index is -0.739. The molecule has 176 valence electrons. The minimum Gasteiger partial charge on any atom is -0.339 e. The number of nitrogens with one attached hydrogen (secondary N) is 1. The summed E-state index contributed by atoms with van der Waals surface area (Å²) in [6, 6.07) is 24.5. The maximum absolute atomic E-state index is 13.6. The molecule has 3 aromatic carbocycles. The van der Waals surface area contributed by atoms with Crippen molar-refractivity contribution in [1.29, 1.82) is 0 Å². The van der Waals surface area contributed by atoms with Crippen LogP contribution in [0.1, 0.15) is 19.7 Å². The fraction of sp³-hybridized carbons (Fsp3) is 0.143. The third-order valence-corrected chi connectivity index (χ3v) is 6.24. The largest absolute Gasteiger partial charge is 0.339 e. The van der Waals surface area contributed by atoms with Gasteiger partial charge in [-0.2, -0.15) is 0 Å². The van der Waals surface area contributed by atoms with E-state index in [2.05, 4.69) is 29.6 Å².